The molecule has 1 rings (SSSR count). The summed E-state index contributed by atoms with van der Waals surface area (Å²) in [6.45, 7) is 6.57. The maximum atomic E-state index is 10.9. The van der Waals surface area contributed by atoms with Crippen LogP contribution in [-0.2, 0) is 4.79 Å². The lowest BCUT2D eigenvalue weighted by Gasteiger charge is -2.37. The molecule has 0 aromatic heterocycles. The molecule has 0 saturated carbocycles. The van der Waals surface area contributed by atoms with Gasteiger partial charge in [-0.3, -0.25) is 0 Å². The first-order valence-corrected chi connectivity index (χ1v) is 6.80. The lowest BCUT2D eigenvalue weighted by atomic mass is 9.67. The molecule has 0 aromatic rings. The van der Waals surface area contributed by atoms with Crippen LogP contribution in [0, 0.1) is 11.3 Å². The molecule has 2 atom stereocenters. The summed E-state index contributed by atoms with van der Waals surface area (Å²) in [5, 5.41) is 0. The molecule has 0 bridgehead atoms. The zero-order valence-electron chi connectivity index (χ0n) is 11.5. The average molecular weight is 234 g/mol. The molecule has 1 aliphatic carbocycles. The molecule has 0 aromatic carbocycles. The minimum absolute atomic E-state index is 0.193. The van der Waals surface area contributed by atoms with Crippen molar-refractivity contribution in [2.75, 3.05) is 0 Å². The Morgan fingerprint density at radius 3 is 2.71 bits per heavy atom. The van der Waals surface area contributed by atoms with Gasteiger partial charge in [-0.25, -0.2) is 0 Å². The van der Waals surface area contributed by atoms with Gasteiger partial charge in [-0.05, 0) is 57.3 Å². The third kappa shape index (κ3) is 4.49. The normalized spacial score (nSPS) is 22.9. The maximum absolute atomic E-state index is 10.9. The maximum Gasteiger partial charge on any atom is 0.120 e. The highest BCUT2D eigenvalue weighted by Crippen LogP contribution is 2.42. The van der Waals surface area contributed by atoms with Crippen LogP contribution < -0.4 is 0 Å². The average Bonchev–Trinajstić information content (AvgIpc) is 2.30. The van der Waals surface area contributed by atoms with E-state index < -0.39 is 0 Å². The van der Waals surface area contributed by atoms with Crippen molar-refractivity contribution in [1.29, 1.82) is 0 Å². The summed E-state index contributed by atoms with van der Waals surface area (Å²) >= 11 is 0. The van der Waals surface area contributed by atoms with Gasteiger partial charge in [-0.1, -0.05) is 30.7 Å². The van der Waals surface area contributed by atoms with E-state index in [2.05, 4.69) is 39.0 Å². The molecule has 0 heterocycles. The fourth-order valence-electron chi connectivity index (χ4n) is 2.78. The second-order valence-corrected chi connectivity index (χ2v) is 5.83. The van der Waals surface area contributed by atoms with Gasteiger partial charge in [0, 0.05) is 6.42 Å². The van der Waals surface area contributed by atoms with Crippen molar-refractivity contribution in [3.63, 3.8) is 0 Å². The smallest absolute Gasteiger partial charge is 0.120 e. The lowest BCUT2D eigenvalue weighted by Crippen LogP contribution is -2.28. The van der Waals surface area contributed by atoms with Crippen LogP contribution in [-0.4, -0.2) is 6.29 Å². The molecular weight excluding hydrogens is 208 g/mol. The van der Waals surface area contributed by atoms with E-state index in [-0.39, 0.29) is 5.41 Å². The van der Waals surface area contributed by atoms with Gasteiger partial charge < -0.3 is 4.79 Å². The molecule has 0 aliphatic heterocycles. The monoisotopic (exact) mass is 234 g/mol. The van der Waals surface area contributed by atoms with Crippen LogP contribution in [0.25, 0.3) is 0 Å². The van der Waals surface area contributed by atoms with Gasteiger partial charge in [0.05, 0.1) is 0 Å². The number of carbonyl (C=O) groups is 1. The molecule has 0 radical (unpaired) electrons. The minimum Gasteiger partial charge on any atom is -0.303 e. The molecule has 0 fully saturated rings. The summed E-state index contributed by atoms with van der Waals surface area (Å²) in [4.78, 5) is 10.9. The number of allylic oxidation sites excluding steroid dienone is 4. The molecule has 0 unspecified atom stereocenters. The van der Waals surface area contributed by atoms with Crippen molar-refractivity contribution in [2.24, 2.45) is 11.3 Å². The van der Waals surface area contributed by atoms with Crippen molar-refractivity contribution in [2.45, 2.75) is 59.3 Å². The van der Waals surface area contributed by atoms with Crippen LogP contribution in [0.3, 0.4) is 0 Å². The summed E-state index contributed by atoms with van der Waals surface area (Å²) in [5.41, 5.74) is 1.57. The molecule has 0 amide bonds. The summed E-state index contributed by atoms with van der Waals surface area (Å²) in [6.07, 6.45) is 14.5. The fraction of sp³-hybridized carbons (Fsp3) is 0.688. The van der Waals surface area contributed by atoms with Gasteiger partial charge in [-0.15, -0.1) is 0 Å². The number of carbonyl (C=O) groups excluding carboxylic acids is 1. The third-order valence-electron chi connectivity index (χ3n) is 4.07. The zero-order valence-corrected chi connectivity index (χ0v) is 11.5. The summed E-state index contributed by atoms with van der Waals surface area (Å²) in [6, 6.07) is 0. The Morgan fingerprint density at radius 1 is 1.41 bits per heavy atom. The van der Waals surface area contributed by atoms with Gasteiger partial charge >= 0.3 is 0 Å². The number of rotatable bonds is 6. The first-order chi connectivity index (χ1) is 8.08. The van der Waals surface area contributed by atoms with E-state index in [4.69, 9.17) is 0 Å². The van der Waals surface area contributed by atoms with E-state index in [0.29, 0.717) is 12.3 Å². The lowest BCUT2D eigenvalue weighted by molar-refractivity contribution is -0.110. The highest BCUT2D eigenvalue weighted by Gasteiger charge is 2.32. The molecule has 96 valence electrons. The number of aldehydes is 1. The van der Waals surface area contributed by atoms with Gasteiger partial charge in [0.1, 0.15) is 6.29 Å². The van der Waals surface area contributed by atoms with Crippen LogP contribution in [0.2, 0.25) is 0 Å². The summed E-state index contributed by atoms with van der Waals surface area (Å²) < 4.78 is 0. The second-order valence-electron chi connectivity index (χ2n) is 5.83. The molecule has 1 aliphatic rings. The highest BCUT2D eigenvalue weighted by atomic mass is 16.1. The standard InChI is InChI=1S/C16H26O/c1-14(2)8-7-11-16(3,12-13-17)15-9-5-4-6-10-15/h4-5,8,13,15H,6-7,9-12H2,1-3H3/t15-,16+/m0/s1. The third-order valence-corrected chi connectivity index (χ3v) is 4.07. The Balaban J connectivity index is 2.63. The van der Waals surface area contributed by atoms with Crippen LogP contribution >= 0.6 is 0 Å². The zero-order chi connectivity index (χ0) is 12.7. The van der Waals surface area contributed by atoms with Crippen LogP contribution in [0.4, 0.5) is 0 Å². The summed E-state index contributed by atoms with van der Waals surface area (Å²) in [5.74, 6) is 0.684. The fourth-order valence-corrected chi connectivity index (χ4v) is 2.78. The molecule has 0 spiro atoms. The molecule has 17 heavy (non-hydrogen) atoms. The quantitative estimate of drug-likeness (QED) is 0.481. The molecule has 1 heteroatoms. The largest absolute Gasteiger partial charge is 0.303 e. The number of hydrogen-bond acceptors (Lipinski definition) is 1. The Morgan fingerprint density at radius 2 is 2.18 bits per heavy atom. The molecular formula is C16H26O. The molecule has 1 nitrogen and oxygen atoms in total. The van der Waals surface area contributed by atoms with Crippen LogP contribution in [0.5, 0.6) is 0 Å². The van der Waals surface area contributed by atoms with Crippen LogP contribution in [0.1, 0.15) is 59.3 Å². The predicted molar refractivity (Wildman–Crippen MR) is 73.9 cm³/mol. The van der Waals surface area contributed by atoms with E-state index in [9.17, 15) is 4.79 Å². The Kier molecular flexibility index (Phi) is 5.67. The summed E-state index contributed by atoms with van der Waals surface area (Å²) in [7, 11) is 0. The Bertz CT molecular complexity index is 297. The molecule has 0 saturated heterocycles. The van der Waals surface area contributed by atoms with E-state index in [1.807, 2.05) is 0 Å². The van der Waals surface area contributed by atoms with Gasteiger partial charge in [0.25, 0.3) is 0 Å². The van der Waals surface area contributed by atoms with Gasteiger partial charge in [0.15, 0.2) is 0 Å². The Labute approximate surface area is 106 Å². The SMILES string of the molecule is CC(C)=CCC[C@](C)(CC=O)[C@H]1CC=CCC1. The number of hydrogen-bond donors (Lipinski definition) is 0. The first kappa shape index (κ1) is 14.2. The highest BCUT2D eigenvalue weighted by molar-refractivity contribution is 5.50. The second kappa shape index (κ2) is 6.78. The van der Waals surface area contributed by atoms with E-state index in [1.165, 1.54) is 18.4 Å². The first-order valence-electron chi connectivity index (χ1n) is 6.80. The van der Waals surface area contributed by atoms with Gasteiger partial charge in [-0.2, -0.15) is 0 Å². The van der Waals surface area contributed by atoms with E-state index in [0.717, 1.165) is 25.5 Å². The van der Waals surface area contributed by atoms with E-state index in [1.54, 1.807) is 0 Å². The van der Waals surface area contributed by atoms with E-state index >= 15 is 0 Å². The topological polar surface area (TPSA) is 17.1 Å². The predicted octanol–water partition coefficient (Wildman–Crippen LogP) is 4.68. The van der Waals surface area contributed by atoms with Crippen molar-refractivity contribution in [1.82, 2.24) is 0 Å². The molecule has 0 N–H and O–H groups in total. The van der Waals surface area contributed by atoms with Crippen molar-refractivity contribution in [3.05, 3.63) is 23.8 Å². The van der Waals surface area contributed by atoms with Crippen molar-refractivity contribution >= 4 is 6.29 Å². The van der Waals surface area contributed by atoms with Crippen molar-refractivity contribution in [3.8, 4) is 0 Å². The van der Waals surface area contributed by atoms with Crippen LogP contribution in [0.15, 0.2) is 23.8 Å². The van der Waals surface area contributed by atoms with Crippen molar-refractivity contribution < 1.29 is 4.79 Å². The minimum atomic E-state index is 0.193. The van der Waals surface area contributed by atoms with Gasteiger partial charge in [0.2, 0.25) is 0 Å². The Hall–Kier alpha value is -0.850.